The summed E-state index contributed by atoms with van der Waals surface area (Å²) in [5.74, 6) is -0.0369. The third-order valence-corrected chi connectivity index (χ3v) is 2.83. The minimum absolute atomic E-state index is 0.0369. The van der Waals surface area contributed by atoms with E-state index in [1.54, 1.807) is 7.11 Å². The third-order valence-electron chi connectivity index (χ3n) is 2.83. The molecule has 4 nitrogen and oxygen atoms in total. The van der Waals surface area contributed by atoms with Crippen molar-refractivity contribution in [1.82, 2.24) is 5.32 Å². The van der Waals surface area contributed by atoms with Crippen molar-refractivity contribution in [3.8, 4) is 0 Å². The zero-order valence-electron chi connectivity index (χ0n) is 11.5. The molecule has 0 heterocycles. The van der Waals surface area contributed by atoms with E-state index in [1.165, 1.54) is 12.8 Å². The van der Waals surface area contributed by atoms with Gasteiger partial charge in [0.1, 0.15) is 0 Å². The number of ether oxygens (including phenoxy) is 1. The Kier molecular flexibility index (Phi) is 10.2. The molecule has 2 atom stereocenters. The molecule has 0 aromatic carbocycles. The van der Waals surface area contributed by atoms with Crippen LogP contribution < -0.4 is 11.1 Å². The lowest BCUT2D eigenvalue weighted by Gasteiger charge is -2.17. The quantitative estimate of drug-likeness (QED) is 0.576. The Morgan fingerprint density at radius 1 is 1.29 bits per heavy atom. The Balaban J connectivity index is 3.67. The maximum Gasteiger partial charge on any atom is 0.237 e. The van der Waals surface area contributed by atoms with Crippen LogP contribution in [0.5, 0.6) is 0 Å². The predicted molar refractivity (Wildman–Crippen MR) is 70.8 cm³/mol. The Morgan fingerprint density at radius 2 is 2.00 bits per heavy atom. The van der Waals surface area contributed by atoms with Crippen LogP contribution in [0.4, 0.5) is 0 Å². The highest BCUT2D eigenvalue weighted by molar-refractivity contribution is 5.81. The van der Waals surface area contributed by atoms with Gasteiger partial charge < -0.3 is 15.8 Å². The molecule has 0 fully saturated rings. The lowest BCUT2D eigenvalue weighted by molar-refractivity contribution is -0.123. The summed E-state index contributed by atoms with van der Waals surface area (Å²) in [6.45, 7) is 4.87. The van der Waals surface area contributed by atoms with E-state index in [4.69, 9.17) is 10.5 Å². The van der Waals surface area contributed by atoms with Crippen LogP contribution in [-0.4, -0.2) is 31.7 Å². The number of nitrogens with two attached hydrogens (primary N) is 1. The van der Waals surface area contributed by atoms with Gasteiger partial charge >= 0.3 is 0 Å². The average Bonchev–Trinajstić information content (AvgIpc) is 2.29. The maximum absolute atomic E-state index is 11.7. The van der Waals surface area contributed by atoms with E-state index >= 15 is 0 Å². The van der Waals surface area contributed by atoms with Crippen molar-refractivity contribution in [2.75, 3.05) is 13.7 Å². The number of carbonyl (C=O) groups excluding carboxylic acids is 1. The van der Waals surface area contributed by atoms with Gasteiger partial charge in [0.2, 0.25) is 5.91 Å². The van der Waals surface area contributed by atoms with Gasteiger partial charge in [0.05, 0.1) is 6.04 Å². The van der Waals surface area contributed by atoms with Crippen LogP contribution in [-0.2, 0) is 9.53 Å². The molecule has 0 aromatic heterocycles. The monoisotopic (exact) mass is 244 g/mol. The van der Waals surface area contributed by atoms with Crippen LogP contribution >= 0.6 is 0 Å². The van der Waals surface area contributed by atoms with Crippen molar-refractivity contribution in [3.63, 3.8) is 0 Å². The maximum atomic E-state index is 11.7. The van der Waals surface area contributed by atoms with Crippen molar-refractivity contribution < 1.29 is 9.53 Å². The summed E-state index contributed by atoms with van der Waals surface area (Å²) in [5, 5.41) is 2.96. The van der Waals surface area contributed by atoms with E-state index in [0.717, 1.165) is 19.3 Å². The molecular weight excluding hydrogens is 216 g/mol. The molecule has 102 valence electrons. The molecule has 1 amide bonds. The second kappa shape index (κ2) is 10.5. The first-order valence-corrected chi connectivity index (χ1v) is 6.66. The second-order valence-corrected chi connectivity index (χ2v) is 4.65. The Labute approximate surface area is 105 Å². The first-order chi connectivity index (χ1) is 8.11. The molecule has 0 radical (unpaired) electrons. The van der Waals surface area contributed by atoms with Gasteiger partial charge in [-0.25, -0.2) is 0 Å². The molecule has 0 rings (SSSR count). The lowest BCUT2D eigenvalue weighted by atomic mass is 10.1. The van der Waals surface area contributed by atoms with Crippen molar-refractivity contribution in [2.45, 2.75) is 64.5 Å². The largest absolute Gasteiger partial charge is 0.385 e. The van der Waals surface area contributed by atoms with Gasteiger partial charge in [-0.05, 0) is 26.2 Å². The average molecular weight is 244 g/mol. The standard InChI is InChI=1S/C13H28N2O2/c1-4-5-6-8-11(2)15-13(16)12(14)9-7-10-17-3/h11-12H,4-10,14H2,1-3H3,(H,15,16). The molecule has 0 aliphatic rings. The SMILES string of the molecule is CCCCCC(C)NC(=O)C(N)CCCOC. The number of carbonyl (C=O) groups is 1. The van der Waals surface area contributed by atoms with Crippen LogP contribution in [0, 0.1) is 0 Å². The summed E-state index contributed by atoms with van der Waals surface area (Å²) < 4.78 is 4.93. The van der Waals surface area contributed by atoms with Crippen molar-refractivity contribution in [2.24, 2.45) is 5.73 Å². The first kappa shape index (κ1) is 16.4. The minimum Gasteiger partial charge on any atom is -0.385 e. The Morgan fingerprint density at radius 3 is 2.59 bits per heavy atom. The Bertz CT molecular complexity index is 198. The molecule has 0 aliphatic carbocycles. The first-order valence-electron chi connectivity index (χ1n) is 6.66. The van der Waals surface area contributed by atoms with Crippen molar-refractivity contribution in [1.29, 1.82) is 0 Å². The lowest BCUT2D eigenvalue weighted by Crippen LogP contribution is -2.44. The fraction of sp³-hybridized carbons (Fsp3) is 0.923. The van der Waals surface area contributed by atoms with E-state index in [1.807, 2.05) is 6.92 Å². The number of nitrogens with one attached hydrogen (secondary N) is 1. The summed E-state index contributed by atoms with van der Waals surface area (Å²) in [5.41, 5.74) is 5.79. The summed E-state index contributed by atoms with van der Waals surface area (Å²) in [6.07, 6.45) is 6.13. The van der Waals surface area contributed by atoms with Gasteiger partial charge in [-0.1, -0.05) is 26.2 Å². The van der Waals surface area contributed by atoms with E-state index < -0.39 is 6.04 Å². The fourth-order valence-corrected chi connectivity index (χ4v) is 1.70. The molecule has 3 N–H and O–H groups in total. The van der Waals surface area contributed by atoms with Crippen LogP contribution in [0.25, 0.3) is 0 Å². The number of hydrogen-bond donors (Lipinski definition) is 2. The van der Waals surface area contributed by atoms with Gasteiger partial charge in [0, 0.05) is 19.8 Å². The topological polar surface area (TPSA) is 64.4 Å². The highest BCUT2D eigenvalue weighted by Gasteiger charge is 2.14. The number of amides is 1. The predicted octanol–water partition coefficient (Wildman–Crippen LogP) is 1.83. The molecule has 2 unspecified atom stereocenters. The summed E-state index contributed by atoms with van der Waals surface area (Å²) in [4.78, 5) is 11.7. The van der Waals surface area contributed by atoms with Gasteiger partial charge in [0.15, 0.2) is 0 Å². The third kappa shape index (κ3) is 9.12. The zero-order chi connectivity index (χ0) is 13.1. The number of unbranched alkanes of at least 4 members (excludes halogenated alkanes) is 2. The van der Waals surface area contributed by atoms with Crippen LogP contribution in [0.15, 0.2) is 0 Å². The van der Waals surface area contributed by atoms with E-state index in [0.29, 0.717) is 13.0 Å². The van der Waals surface area contributed by atoms with Gasteiger partial charge in [-0.2, -0.15) is 0 Å². The number of methoxy groups -OCH3 is 1. The van der Waals surface area contributed by atoms with Crippen molar-refractivity contribution in [3.05, 3.63) is 0 Å². The normalized spacial score (nSPS) is 14.4. The van der Waals surface area contributed by atoms with Gasteiger partial charge in [0.25, 0.3) is 0 Å². The molecule has 0 saturated heterocycles. The van der Waals surface area contributed by atoms with E-state index in [9.17, 15) is 4.79 Å². The van der Waals surface area contributed by atoms with Gasteiger partial charge in [-0.15, -0.1) is 0 Å². The summed E-state index contributed by atoms with van der Waals surface area (Å²) >= 11 is 0. The second-order valence-electron chi connectivity index (χ2n) is 4.65. The molecular formula is C13H28N2O2. The Hall–Kier alpha value is -0.610. The smallest absolute Gasteiger partial charge is 0.237 e. The molecule has 17 heavy (non-hydrogen) atoms. The molecule has 0 saturated carbocycles. The fourth-order valence-electron chi connectivity index (χ4n) is 1.70. The van der Waals surface area contributed by atoms with Crippen LogP contribution in [0.1, 0.15) is 52.4 Å². The molecule has 0 spiro atoms. The highest BCUT2D eigenvalue weighted by atomic mass is 16.5. The number of rotatable bonds is 10. The molecule has 0 aromatic rings. The van der Waals surface area contributed by atoms with Crippen LogP contribution in [0.2, 0.25) is 0 Å². The molecule has 0 bridgehead atoms. The number of hydrogen-bond acceptors (Lipinski definition) is 3. The van der Waals surface area contributed by atoms with Gasteiger partial charge in [-0.3, -0.25) is 4.79 Å². The van der Waals surface area contributed by atoms with E-state index in [-0.39, 0.29) is 11.9 Å². The highest BCUT2D eigenvalue weighted by Crippen LogP contribution is 2.03. The van der Waals surface area contributed by atoms with E-state index in [2.05, 4.69) is 12.2 Å². The summed E-state index contributed by atoms with van der Waals surface area (Å²) in [7, 11) is 1.65. The zero-order valence-corrected chi connectivity index (χ0v) is 11.5. The minimum atomic E-state index is -0.404. The van der Waals surface area contributed by atoms with Crippen LogP contribution in [0.3, 0.4) is 0 Å². The van der Waals surface area contributed by atoms with Crippen molar-refractivity contribution >= 4 is 5.91 Å². The summed E-state index contributed by atoms with van der Waals surface area (Å²) in [6, 6.07) is -0.179. The molecule has 0 aliphatic heterocycles. The molecule has 4 heteroatoms.